The van der Waals surface area contributed by atoms with Crippen LogP contribution in [0, 0.1) is 40.5 Å². The molecule has 2 aromatic carbocycles. The van der Waals surface area contributed by atoms with Gasteiger partial charge in [-0.3, -0.25) is 50.4 Å². The van der Waals surface area contributed by atoms with Crippen molar-refractivity contribution >= 4 is 65.7 Å². The first-order valence-corrected chi connectivity index (χ1v) is 12.9. The normalized spacial score (nSPS) is 11.5. The standard InChI is InChI=1S/C20H15N7O8.2ClH.Fe/c1-11(21-13-5-15(24(28)29)9-16(6-13)25(30)31)19-3-4-20(23-19)12(2)22-14-7-17(26(32)33)10-18(8-14)27(34)35;;;/h3-10,23H,1-2H3;2*1H;/q;;;+2/p-2. The summed E-state index contributed by atoms with van der Waals surface area (Å²) in [6.07, 6.45) is 0. The number of benzene rings is 2. The van der Waals surface area contributed by atoms with E-state index >= 15 is 0 Å². The molecule has 15 nitrogen and oxygen atoms in total. The Hall–Kier alpha value is -4.24. The quantitative estimate of drug-likeness (QED) is 0.132. The van der Waals surface area contributed by atoms with Gasteiger partial charge in [-0.1, -0.05) is 0 Å². The Balaban J connectivity index is 0.00000161. The summed E-state index contributed by atoms with van der Waals surface area (Å²) in [6.45, 7) is 3.16. The van der Waals surface area contributed by atoms with E-state index in [1.54, 1.807) is 26.0 Å². The van der Waals surface area contributed by atoms with Crippen LogP contribution < -0.4 is 0 Å². The second-order valence-corrected chi connectivity index (χ2v) is 9.00. The number of aromatic nitrogens is 1. The van der Waals surface area contributed by atoms with Crippen LogP contribution in [-0.2, 0) is 13.1 Å². The number of nitro groups is 4. The zero-order valence-electron chi connectivity index (χ0n) is 19.2. The third-order valence-corrected chi connectivity index (χ3v) is 4.68. The van der Waals surface area contributed by atoms with Gasteiger partial charge in [0, 0.05) is 24.3 Å². The van der Waals surface area contributed by atoms with E-state index in [1.807, 2.05) is 0 Å². The SMILES string of the molecule is CC(=Nc1cc([N+](=O)[O-])cc([N+](=O)[O-])c1)c1ccc(C(C)=Nc2cc([N+](=O)[O-])cc([N+](=O)[O-])c2)[nH]1.[Cl][Fe][Cl]. The van der Waals surface area contributed by atoms with Crippen molar-refractivity contribution in [3.8, 4) is 0 Å². The molecule has 0 unspecified atom stereocenters. The van der Waals surface area contributed by atoms with Crippen molar-refractivity contribution in [2.45, 2.75) is 13.8 Å². The topological polar surface area (TPSA) is 213 Å². The van der Waals surface area contributed by atoms with Crippen LogP contribution in [0.4, 0.5) is 34.1 Å². The van der Waals surface area contributed by atoms with Crippen LogP contribution in [-0.4, -0.2) is 36.1 Å². The van der Waals surface area contributed by atoms with Crippen molar-refractivity contribution in [2.75, 3.05) is 0 Å². The summed E-state index contributed by atoms with van der Waals surface area (Å²) in [4.78, 5) is 52.7. The maximum atomic E-state index is 11.1. The summed E-state index contributed by atoms with van der Waals surface area (Å²) in [5, 5.41) is 44.3. The summed E-state index contributed by atoms with van der Waals surface area (Å²) in [7, 11) is 9.53. The van der Waals surface area contributed by atoms with E-state index in [4.69, 9.17) is 20.2 Å². The van der Waals surface area contributed by atoms with Gasteiger partial charge in [0.1, 0.15) is 0 Å². The molecular formula is C20H15Cl2FeN7O8. The maximum absolute atomic E-state index is 11.1. The van der Waals surface area contributed by atoms with Gasteiger partial charge in [-0.05, 0) is 26.0 Å². The number of hydrogen-bond donors (Lipinski definition) is 1. The van der Waals surface area contributed by atoms with Gasteiger partial charge in [0.25, 0.3) is 22.7 Å². The number of halogens is 2. The fourth-order valence-electron chi connectivity index (χ4n) is 3.03. The third-order valence-electron chi connectivity index (χ3n) is 4.68. The summed E-state index contributed by atoms with van der Waals surface area (Å²) in [5.74, 6) is 0. The second-order valence-electron chi connectivity index (χ2n) is 7.17. The molecule has 0 spiro atoms. The molecule has 38 heavy (non-hydrogen) atoms. The van der Waals surface area contributed by atoms with Crippen LogP contribution in [0.15, 0.2) is 58.5 Å². The number of nitro benzene ring substituents is 4. The monoisotopic (exact) mass is 607 g/mol. The molecule has 200 valence electrons. The van der Waals surface area contributed by atoms with Crippen LogP contribution in [0.25, 0.3) is 0 Å². The molecule has 0 amide bonds. The number of non-ortho nitro benzene ring substituents is 4. The molecule has 3 rings (SSSR count). The first-order valence-electron chi connectivity index (χ1n) is 9.89. The molecule has 0 aliphatic carbocycles. The molecule has 0 atom stereocenters. The molecule has 18 heteroatoms. The average Bonchev–Trinajstić information content (AvgIpc) is 3.35. The Morgan fingerprint density at radius 1 is 0.658 bits per heavy atom. The minimum absolute atomic E-state index is 0.00819. The van der Waals surface area contributed by atoms with Crippen LogP contribution in [0.3, 0.4) is 0 Å². The van der Waals surface area contributed by atoms with Crippen molar-refractivity contribution in [2.24, 2.45) is 9.98 Å². The second kappa shape index (κ2) is 13.3. The van der Waals surface area contributed by atoms with Crippen LogP contribution in [0.5, 0.6) is 0 Å². The van der Waals surface area contributed by atoms with Gasteiger partial charge < -0.3 is 4.98 Å². The molecule has 1 N–H and O–H groups in total. The van der Waals surface area contributed by atoms with E-state index in [0.29, 0.717) is 22.8 Å². The van der Waals surface area contributed by atoms with E-state index in [-0.39, 0.29) is 24.5 Å². The predicted molar refractivity (Wildman–Crippen MR) is 136 cm³/mol. The number of aromatic amines is 1. The van der Waals surface area contributed by atoms with E-state index in [0.717, 1.165) is 36.4 Å². The van der Waals surface area contributed by atoms with Gasteiger partial charge in [-0.2, -0.15) is 0 Å². The molecule has 3 aromatic rings. The molecule has 1 heterocycles. The van der Waals surface area contributed by atoms with E-state index < -0.39 is 42.4 Å². The number of H-pyrrole nitrogens is 1. The van der Waals surface area contributed by atoms with Crippen LogP contribution in [0.2, 0.25) is 0 Å². The van der Waals surface area contributed by atoms with Gasteiger partial charge >= 0.3 is 33.3 Å². The van der Waals surface area contributed by atoms with Gasteiger partial charge in [-0.25, -0.2) is 0 Å². The Morgan fingerprint density at radius 3 is 1.16 bits per heavy atom. The molecule has 0 saturated heterocycles. The first kappa shape index (κ1) is 30.0. The summed E-state index contributed by atoms with van der Waals surface area (Å²) in [6, 6.07) is 9.30. The fraction of sp³-hybridized carbons (Fsp3) is 0.100. The molecule has 0 aliphatic heterocycles. The third kappa shape index (κ3) is 8.14. The number of nitrogens with one attached hydrogen (secondary N) is 1. The Kier molecular flexibility index (Phi) is 10.5. The van der Waals surface area contributed by atoms with Crippen LogP contribution in [0.1, 0.15) is 25.2 Å². The van der Waals surface area contributed by atoms with Gasteiger partial charge in [0.05, 0.1) is 66.0 Å². The predicted octanol–water partition coefficient (Wildman–Crippen LogP) is 6.31. The van der Waals surface area contributed by atoms with Gasteiger partial charge in [-0.15, -0.1) is 0 Å². The van der Waals surface area contributed by atoms with Crippen molar-refractivity contribution in [1.29, 1.82) is 0 Å². The number of rotatable bonds is 8. The van der Waals surface area contributed by atoms with E-state index in [2.05, 4.69) is 15.0 Å². The number of hydrogen-bond acceptors (Lipinski definition) is 10. The first-order chi connectivity index (χ1) is 17.9. The molecule has 0 saturated carbocycles. The summed E-state index contributed by atoms with van der Waals surface area (Å²) in [5.41, 5.74) is -0.266. The Bertz CT molecular complexity index is 1300. The molecular weight excluding hydrogens is 593 g/mol. The summed E-state index contributed by atoms with van der Waals surface area (Å²) >= 11 is 0.194. The Morgan fingerprint density at radius 2 is 0.921 bits per heavy atom. The molecule has 0 aliphatic rings. The summed E-state index contributed by atoms with van der Waals surface area (Å²) < 4.78 is 0. The molecule has 1 aromatic heterocycles. The van der Waals surface area contributed by atoms with Crippen LogP contribution >= 0.6 is 20.2 Å². The minimum atomic E-state index is -0.758. The Labute approximate surface area is 227 Å². The van der Waals surface area contributed by atoms with Crippen molar-refractivity contribution in [3.63, 3.8) is 0 Å². The van der Waals surface area contributed by atoms with Crippen molar-refractivity contribution in [1.82, 2.24) is 4.98 Å². The van der Waals surface area contributed by atoms with Crippen molar-refractivity contribution < 1.29 is 32.8 Å². The zero-order valence-corrected chi connectivity index (χ0v) is 21.8. The van der Waals surface area contributed by atoms with Gasteiger partial charge in [0.2, 0.25) is 0 Å². The fourth-order valence-corrected chi connectivity index (χ4v) is 3.03. The van der Waals surface area contributed by atoms with Gasteiger partial charge in [0.15, 0.2) is 0 Å². The average molecular weight is 608 g/mol. The molecule has 0 radical (unpaired) electrons. The zero-order chi connectivity index (χ0) is 28.6. The number of nitrogens with zero attached hydrogens (tertiary/aromatic N) is 6. The van der Waals surface area contributed by atoms with E-state index in [1.165, 1.54) is 0 Å². The van der Waals surface area contributed by atoms with E-state index in [9.17, 15) is 40.5 Å². The molecule has 0 fully saturated rings. The van der Waals surface area contributed by atoms with Crippen molar-refractivity contribution in [3.05, 3.63) is 100 Å². The number of aliphatic imine (C=N–C) groups is 2. The molecule has 0 bridgehead atoms.